The second-order valence-electron chi connectivity index (χ2n) is 5.91. The van der Waals surface area contributed by atoms with E-state index in [2.05, 4.69) is 6.92 Å². The van der Waals surface area contributed by atoms with Crippen LogP contribution in [0.1, 0.15) is 56.9 Å². The summed E-state index contributed by atoms with van der Waals surface area (Å²) in [6.07, 6.45) is 5.77. The maximum Gasteiger partial charge on any atom is 0.495 e. The number of benzene rings is 1. The van der Waals surface area contributed by atoms with Crippen molar-refractivity contribution in [3.05, 3.63) is 23.3 Å². The van der Waals surface area contributed by atoms with Gasteiger partial charge in [0.2, 0.25) is 0 Å². The molecule has 0 amide bonds. The highest BCUT2D eigenvalue weighted by Crippen LogP contribution is 2.39. The fourth-order valence-corrected chi connectivity index (χ4v) is 3.36. The minimum absolute atomic E-state index is 0.122. The van der Waals surface area contributed by atoms with Gasteiger partial charge in [-0.15, -0.1) is 0 Å². The van der Waals surface area contributed by atoms with Crippen molar-refractivity contribution >= 4 is 12.6 Å². The van der Waals surface area contributed by atoms with Crippen molar-refractivity contribution in [3.8, 4) is 5.75 Å². The minimum Gasteiger partial charge on any atom is -0.508 e. The number of rotatable bonds is 4. The largest absolute Gasteiger partial charge is 0.508 e. The Morgan fingerprint density at radius 2 is 1.76 bits per heavy atom. The number of phenols is 1. The van der Waals surface area contributed by atoms with E-state index in [9.17, 15) is 13.9 Å². The molecule has 3 nitrogen and oxygen atoms in total. The third-order valence-corrected chi connectivity index (χ3v) is 4.49. The first-order chi connectivity index (χ1) is 9.95. The summed E-state index contributed by atoms with van der Waals surface area (Å²) in [5.41, 5.74) is -0.653. The molecule has 0 heterocycles. The molecule has 2 rings (SSSR count). The molecule has 1 aromatic carbocycles. The monoisotopic (exact) mass is 298 g/mol. The van der Waals surface area contributed by atoms with Crippen LogP contribution < -0.4 is 5.46 Å². The fourth-order valence-electron chi connectivity index (χ4n) is 3.36. The molecule has 21 heavy (non-hydrogen) atoms. The van der Waals surface area contributed by atoms with E-state index in [1.807, 2.05) is 0 Å². The summed E-state index contributed by atoms with van der Waals surface area (Å²) < 4.78 is 28.0. The first-order valence-electron chi connectivity index (χ1n) is 7.52. The predicted molar refractivity (Wildman–Crippen MR) is 77.5 cm³/mol. The summed E-state index contributed by atoms with van der Waals surface area (Å²) in [7, 11) is -2.23. The minimum atomic E-state index is -2.23. The van der Waals surface area contributed by atoms with Gasteiger partial charge in [-0.25, -0.2) is 8.78 Å². The normalized spacial score (nSPS) is 22.3. The van der Waals surface area contributed by atoms with Gasteiger partial charge < -0.3 is 15.2 Å². The first-order valence-corrected chi connectivity index (χ1v) is 7.52. The number of aromatic hydroxyl groups is 1. The van der Waals surface area contributed by atoms with Crippen LogP contribution in [-0.4, -0.2) is 22.3 Å². The third-order valence-electron chi connectivity index (χ3n) is 4.49. The van der Waals surface area contributed by atoms with Gasteiger partial charge in [0.25, 0.3) is 0 Å². The van der Waals surface area contributed by atoms with Crippen molar-refractivity contribution in [1.29, 1.82) is 0 Å². The predicted octanol–water partition coefficient (Wildman–Crippen LogP) is 2.42. The quantitative estimate of drug-likeness (QED) is 0.748. The van der Waals surface area contributed by atoms with Crippen LogP contribution in [-0.2, 0) is 0 Å². The van der Waals surface area contributed by atoms with Crippen molar-refractivity contribution in [2.45, 2.75) is 51.4 Å². The molecule has 0 radical (unpaired) electrons. The molecule has 0 bridgehead atoms. The number of hydrogen-bond acceptors (Lipinski definition) is 3. The molecule has 1 saturated carbocycles. The molecule has 1 fully saturated rings. The van der Waals surface area contributed by atoms with Gasteiger partial charge in [0.1, 0.15) is 5.75 Å². The number of halogens is 2. The average Bonchev–Trinajstić information content (AvgIpc) is 2.44. The molecule has 0 unspecified atom stereocenters. The van der Waals surface area contributed by atoms with Crippen LogP contribution in [0.15, 0.2) is 6.07 Å². The van der Waals surface area contributed by atoms with Crippen molar-refractivity contribution in [2.75, 3.05) is 0 Å². The zero-order valence-electron chi connectivity index (χ0n) is 12.1. The average molecular weight is 298 g/mol. The van der Waals surface area contributed by atoms with Gasteiger partial charge in [-0.1, -0.05) is 19.8 Å². The van der Waals surface area contributed by atoms with Crippen LogP contribution in [0, 0.1) is 17.6 Å². The highest BCUT2D eigenvalue weighted by atomic mass is 19.2. The molecule has 0 aliphatic heterocycles. The lowest BCUT2D eigenvalue weighted by molar-refractivity contribution is 0.302. The van der Waals surface area contributed by atoms with E-state index in [4.69, 9.17) is 10.0 Å². The first kappa shape index (κ1) is 16.2. The zero-order valence-corrected chi connectivity index (χ0v) is 12.1. The summed E-state index contributed by atoms with van der Waals surface area (Å²) in [6.45, 7) is 2.14. The molecule has 0 aromatic heterocycles. The van der Waals surface area contributed by atoms with Crippen LogP contribution in [0.4, 0.5) is 8.78 Å². The lowest BCUT2D eigenvalue weighted by Gasteiger charge is -2.29. The molecule has 116 valence electrons. The fraction of sp³-hybridized carbons (Fsp3) is 0.600. The maximum atomic E-state index is 14.1. The van der Waals surface area contributed by atoms with E-state index in [0.29, 0.717) is 5.92 Å². The summed E-state index contributed by atoms with van der Waals surface area (Å²) >= 11 is 0. The van der Waals surface area contributed by atoms with Gasteiger partial charge in [-0.05, 0) is 49.1 Å². The third kappa shape index (κ3) is 3.38. The van der Waals surface area contributed by atoms with E-state index in [1.165, 1.54) is 0 Å². The van der Waals surface area contributed by atoms with Gasteiger partial charge >= 0.3 is 7.12 Å². The summed E-state index contributed by atoms with van der Waals surface area (Å²) in [5, 5.41) is 27.7. The van der Waals surface area contributed by atoms with Gasteiger partial charge in [0.15, 0.2) is 11.6 Å². The Labute approximate surface area is 123 Å². The van der Waals surface area contributed by atoms with Gasteiger partial charge in [-0.3, -0.25) is 0 Å². The van der Waals surface area contributed by atoms with Crippen molar-refractivity contribution < 1.29 is 23.9 Å². The Morgan fingerprint density at radius 1 is 1.14 bits per heavy atom. The van der Waals surface area contributed by atoms with E-state index in [1.54, 1.807) is 0 Å². The Kier molecular flexibility index (Phi) is 5.22. The molecular weight excluding hydrogens is 277 g/mol. The van der Waals surface area contributed by atoms with Crippen LogP contribution in [0.3, 0.4) is 0 Å². The van der Waals surface area contributed by atoms with Crippen LogP contribution >= 0.6 is 0 Å². The molecule has 1 aliphatic carbocycles. The Morgan fingerprint density at radius 3 is 2.29 bits per heavy atom. The van der Waals surface area contributed by atoms with Crippen LogP contribution in [0.2, 0.25) is 0 Å². The molecule has 3 N–H and O–H groups in total. The lowest BCUT2D eigenvalue weighted by Crippen LogP contribution is -2.34. The second-order valence-corrected chi connectivity index (χ2v) is 5.91. The van der Waals surface area contributed by atoms with Gasteiger partial charge in [0, 0.05) is 0 Å². The van der Waals surface area contributed by atoms with Crippen molar-refractivity contribution in [1.82, 2.24) is 0 Å². The SMILES string of the molecule is CCCC1CCC(c2cc(O)c(B(O)O)c(F)c2F)CC1. The van der Waals surface area contributed by atoms with Crippen LogP contribution in [0.25, 0.3) is 0 Å². The Bertz CT molecular complexity index is 500. The molecular formula is C15H21BF2O3. The number of phenolic OH excluding ortho intramolecular Hbond substituents is 1. The van der Waals surface area contributed by atoms with Crippen LogP contribution in [0.5, 0.6) is 5.75 Å². The van der Waals surface area contributed by atoms with Crippen molar-refractivity contribution in [2.24, 2.45) is 5.92 Å². The van der Waals surface area contributed by atoms with E-state index < -0.39 is 30.0 Å². The molecule has 0 saturated heterocycles. The molecule has 1 aromatic rings. The Hall–Kier alpha value is -1.14. The van der Waals surface area contributed by atoms with E-state index in [-0.39, 0.29) is 11.5 Å². The molecule has 6 heteroatoms. The maximum absolute atomic E-state index is 14.1. The van der Waals surface area contributed by atoms with Gasteiger partial charge in [-0.2, -0.15) is 0 Å². The number of hydrogen-bond donors (Lipinski definition) is 3. The van der Waals surface area contributed by atoms with Crippen molar-refractivity contribution in [3.63, 3.8) is 0 Å². The smallest absolute Gasteiger partial charge is 0.495 e. The Balaban J connectivity index is 2.22. The van der Waals surface area contributed by atoms with E-state index in [0.717, 1.165) is 44.6 Å². The highest BCUT2D eigenvalue weighted by molar-refractivity contribution is 6.59. The second kappa shape index (κ2) is 6.75. The highest BCUT2D eigenvalue weighted by Gasteiger charge is 2.30. The molecule has 0 atom stereocenters. The lowest BCUT2D eigenvalue weighted by atomic mass is 9.74. The molecule has 1 aliphatic rings. The summed E-state index contributed by atoms with van der Waals surface area (Å²) in [5.74, 6) is -2.52. The van der Waals surface area contributed by atoms with Gasteiger partial charge in [0.05, 0.1) is 5.46 Å². The van der Waals surface area contributed by atoms with E-state index >= 15 is 0 Å². The standard InChI is InChI=1S/C15H21BF2O3/c1-2-3-9-4-6-10(7-5-9)11-8-12(19)13(16(20)21)15(18)14(11)17/h8-10,19-21H,2-7H2,1H3. The summed E-state index contributed by atoms with van der Waals surface area (Å²) in [4.78, 5) is 0. The molecule has 0 spiro atoms. The summed E-state index contributed by atoms with van der Waals surface area (Å²) in [6, 6.07) is 1.14. The topological polar surface area (TPSA) is 60.7 Å². The zero-order chi connectivity index (χ0) is 15.6.